The number of carbonyl (C=O) groups is 2. The second kappa shape index (κ2) is 8.67. The van der Waals surface area contributed by atoms with Crippen LogP contribution in [0.4, 0.5) is 4.39 Å². The molecular formula is C21H18FNO4S. The molecule has 0 aliphatic rings. The molecule has 0 radical (unpaired) electrons. The number of halogens is 1. The van der Waals surface area contributed by atoms with E-state index in [1.165, 1.54) is 29.5 Å². The number of nitrogens with one attached hydrogen (secondary N) is 1. The largest absolute Gasteiger partial charge is 0.507 e. The van der Waals surface area contributed by atoms with Crippen LogP contribution in [0.15, 0.2) is 60.0 Å². The van der Waals surface area contributed by atoms with Gasteiger partial charge >= 0.3 is 5.97 Å². The van der Waals surface area contributed by atoms with E-state index in [4.69, 9.17) is 4.74 Å². The second-order valence-corrected chi connectivity index (χ2v) is 7.09. The number of rotatable bonds is 6. The molecule has 0 saturated heterocycles. The van der Waals surface area contributed by atoms with Gasteiger partial charge < -0.3 is 15.2 Å². The number of phenols is 1. The second-order valence-electron chi connectivity index (χ2n) is 6.11. The highest BCUT2D eigenvalue weighted by molar-refractivity contribution is 7.10. The molecule has 0 aliphatic heterocycles. The van der Waals surface area contributed by atoms with Crippen LogP contribution < -0.4 is 5.32 Å². The highest BCUT2D eigenvalue weighted by Gasteiger charge is 2.20. The number of benzene rings is 2. The van der Waals surface area contributed by atoms with Gasteiger partial charge in [0.15, 0.2) is 6.61 Å². The van der Waals surface area contributed by atoms with Crippen molar-refractivity contribution in [1.29, 1.82) is 0 Å². The normalized spacial score (nSPS) is 11.6. The number of para-hydroxylation sites is 1. The van der Waals surface area contributed by atoms with Crippen LogP contribution in [0.5, 0.6) is 5.75 Å². The molecule has 0 fully saturated rings. The summed E-state index contributed by atoms with van der Waals surface area (Å²) in [5.74, 6) is -1.84. The smallest absolute Gasteiger partial charge is 0.342 e. The third kappa shape index (κ3) is 4.55. The molecule has 0 saturated carbocycles. The Balaban J connectivity index is 1.68. The zero-order chi connectivity index (χ0) is 20.1. The number of aromatic hydroxyl groups is 1. The Bertz CT molecular complexity index is 971. The molecule has 3 aromatic rings. The minimum Gasteiger partial charge on any atom is -0.507 e. The summed E-state index contributed by atoms with van der Waals surface area (Å²) in [5.41, 5.74) is 1.24. The Kier molecular flexibility index (Phi) is 6.06. The van der Waals surface area contributed by atoms with E-state index >= 15 is 0 Å². The standard InChI is InChI=1S/C21H18FNO4S/c1-13-4-2-5-16(20(13)25)21(26)27-12-18(24)23-19(17-6-3-11-28-17)14-7-9-15(22)10-8-14/h2-11,19,25H,12H2,1H3,(H,23,24)/t19-/m1/s1. The van der Waals surface area contributed by atoms with Crippen LogP contribution in [-0.2, 0) is 9.53 Å². The first kappa shape index (κ1) is 19.6. The van der Waals surface area contributed by atoms with E-state index < -0.39 is 24.5 Å². The van der Waals surface area contributed by atoms with Gasteiger partial charge in [0.25, 0.3) is 5.91 Å². The lowest BCUT2D eigenvalue weighted by Gasteiger charge is -2.18. The molecule has 1 heterocycles. The first-order valence-corrected chi connectivity index (χ1v) is 9.37. The zero-order valence-corrected chi connectivity index (χ0v) is 15.8. The van der Waals surface area contributed by atoms with Crippen molar-refractivity contribution in [3.8, 4) is 5.75 Å². The number of esters is 1. The molecule has 0 unspecified atom stereocenters. The molecule has 1 atom stereocenters. The van der Waals surface area contributed by atoms with Gasteiger partial charge in [-0.2, -0.15) is 0 Å². The highest BCUT2D eigenvalue weighted by atomic mass is 32.1. The molecule has 1 aromatic heterocycles. The molecule has 2 aromatic carbocycles. The number of hydrogen-bond donors (Lipinski definition) is 2. The summed E-state index contributed by atoms with van der Waals surface area (Å²) >= 11 is 1.45. The molecule has 1 amide bonds. The molecule has 0 aliphatic carbocycles. The van der Waals surface area contributed by atoms with Crippen LogP contribution in [0.1, 0.15) is 32.4 Å². The van der Waals surface area contributed by atoms with Gasteiger partial charge in [-0.1, -0.05) is 30.3 Å². The van der Waals surface area contributed by atoms with Crippen molar-refractivity contribution in [2.24, 2.45) is 0 Å². The fraction of sp³-hybridized carbons (Fsp3) is 0.143. The van der Waals surface area contributed by atoms with Crippen LogP contribution in [0.3, 0.4) is 0 Å². The van der Waals surface area contributed by atoms with Crippen molar-refractivity contribution >= 4 is 23.2 Å². The predicted molar refractivity (Wildman–Crippen MR) is 104 cm³/mol. The third-order valence-corrected chi connectivity index (χ3v) is 5.07. The SMILES string of the molecule is Cc1cccc(C(=O)OCC(=O)N[C@H](c2ccc(F)cc2)c2cccs2)c1O. The molecule has 0 spiro atoms. The highest BCUT2D eigenvalue weighted by Crippen LogP contribution is 2.26. The lowest BCUT2D eigenvalue weighted by Crippen LogP contribution is -2.32. The topological polar surface area (TPSA) is 75.6 Å². The number of ether oxygens (including phenoxy) is 1. The lowest BCUT2D eigenvalue weighted by molar-refractivity contribution is -0.124. The van der Waals surface area contributed by atoms with E-state index in [9.17, 15) is 19.1 Å². The van der Waals surface area contributed by atoms with Crippen LogP contribution in [0, 0.1) is 12.7 Å². The van der Waals surface area contributed by atoms with Crippen molar-refractivity contribution in [3.63, 3.8) is 0 Å². The van der Waals surface area contributed by atoms with Gasteiger partial charge in [0.2, 0.25) is 0 Å². The summed E-state index contributed by atoms with van der Waals surface area (Å²) in [6, 6.07) is 13.8. The number of hydrogen-bond acceptors (Lipinski definition) is 5. The van der Waals surface area contributed by atoms with Gasteiger partial charge in [-0.15, -0.1) is 11.3 Å². The molecule has 5 nitrogen and oxygen atoms in total. The molecule has 7 heteroatoms. The van der Waals surface area contributed by atoms with Crippen LogP contribution in [-0.4, -0.2) is 23.6 Å². The average molecular weight is 399 g/mol. The maximum Gasteiger partial charge on any atom is 0.342 e. The third-order valence-electron chi connectivity index (χ3n) is 4.13. The van der Waals surface area contributed by atoms with Crippen molar-refractivity contribution in [2.75, 3.05) is 6.61 Å². The van der Waals surface area contributed by atoms with Gasteiger partial charge in [-0.25, -0.2) is 9.18 Å². The van der Waals surface area contributed by atoms with E-state index in [1.54, 1.807) is 31.2 Å². The Morgan fingerprint density at radius 2 is 1.89 bits per heavy atom. The average Bonchev–Trinajstić information content (AvgIpc) is 3.21. The van der Waals surface area contributed by atoms with E-state index in [-0.39, 0.29) is 17.1 Å². The van der Waals surface area contributed by atoms with Crippen LogP contribution >= 0.6 is 11.3 Å². The number of amides is 1. The summed E-state index contributed by atoms with van der Waals surface area (Å²) in [4.78, 5) is 25.4. The predicted octanol–water partition coefficient (Wildman–Crippen LogP) is 3.96. The van der Waals surface area contributed by atoms with E-state index in [2.05, 4.69) is 5.32 Å². The Morgan fingerprint density at radius 1 is 1.14 bits per heavy atom. The summed E-state index contributed by atoms with van der Waals surface area (Å²) in [5, 5.41) is 14.6. The molecular weight excluding hydrogens is 381 g/mol. The molecule has 0 bridgehead atoms. The fourth-order valence-corrected chi connectivity index (χ4v) is 3.47. The van der Waals surface area contributed by atoms with Crippen LogP contribution in [0.2, 0.25) is 0 Å². The fourth-order valence-electron chi connectivity index (χ4n) is 2.66. The minimum atomic E-state index is -0.786. The van der Waals surface area contributed by atoms with E-state index in [0.717, 1.165) is 4.88 Å². The zero-order valence-electron chi connectivity index (χ0n) is 15.0. The first-order chi connectivity index (χ1) is 13.5. The number of phenolic OH excluding ortho intramolecular Hbond substituents is 1. The molecule has 2 N–H and O–H groups in total. The van der Waals surface area contributed by atoms with Crippen LogP contribution in [0.25, 0.3) is 0 Å². The number of thiophene rings is 1. The Labute approximate surface area is 165 Å². The summed E-state index contributed by atoms with van der Waals surface area (Å²) in [7, 11) is 0. The quantitative estimate of drug-likeness (QED) is 0.615. The van der Waals surface area contributed by atoms with Crippen molar-refractivity contribution in [2.45, 2.75) is 13.0 Å². The van der Waals surface area contributed by atoms with Gasteiger partial charge in [0, 0.05) is 4.88 Å². The van der Waals surface area contributed by atoms with Crippen molar-refractivity contribution in [3.05, 3.63) is 87.4 Å². The summed E-state index contributed by atoms with van der Waals surface area (Å²) in [6.07, 6.45) is 0. The monoisotopic (exact) mass is 399 g/mol. The Hall–Kier alpha value is -3.19. The van der Waals surface area contributed by atoms with Gasteiger partial charge in [0.1, 0.15) is 17.1 Å². The minimum absolute atomic E-state index is 0.00106. The Morgan fingerprint density at radius 3 is 2.57 bits per heavy atom. The first-order valence-electron chi connectivity index (χ1n) is 8.49. The van der Waals surface area contributed by atoms with Gasteiger partial charge in [0.05, 0.1) is 6.04 Å². The maximum absolute atomic E-state index is 13.2. The number of aryl methyl sites for hydroxylation is 1. The molecule has 28 heavy (non-hydrogen) atoms. The molecule has 3 rings (SSSR count). The van der Waals surface area contributed by atoms with Gasteiger partial charge in [-0.3, -0.25) is 4.79 Å². The lowest BCUT2D eigenvalue weighted by atomic mass is 10.1. The summed E-state index contributed by atoms with van der Waals surface area (Å²) < 4.78 is 18.3. The van der Waals surface area contributed by atoms with E-state index in [1.807, 2.05) is 17.5 Å². The van der Waals surface area contributed by atoms with Gasteiger partial charge in [-0.05, 0) is 47.7 Å². The summed E-state index contributed by atoms with van der Waals surface area (Å²) in [6.45, 7) is 1.16. The van der Waals surface area contributed by atoms with Crippen molar-refractivity contribution < 1.29 is 23.8 Å². The number of carbonyl (C=O) groups excluding carboxylic acids is 2. The van der Waals surface area contributed by atoms with Crippen molar-refractivity contribution in [1.82, 2.24) is 5.32 Å². The molecule has 144 valence electrons. The van der Waals surface area contributed by atoms with E-state index in [0.29, 0.717) is 11.1 Å². The maximum atomic E-state index is 13.2.